The summed E-state index contributed by atoms with van der Waals surface area (Å²) in [7, 11) is 3.31. The monoisotopic (exact) mass is 423 g/mol. The second-order valence-electron chi connectivity index (χ2n) is 11.2. The van der Waals surface area contributed by atoms with Gasteiger partial charge in [0, 0.05) is 56.8 Å². The summed E-state index contributed by atoms with van der Waals surface area (Å²) in [6.45, 7) is 3.41. The molecular weight excluding hydrogens is 390 g/mol. The minimum atomic E-state index is -1.77. The zero-order chi connectivity index (χ0) is 21.0. The number of fused-ring (bicyclic) bond motifs is 2. The van der Waals surface area contributed by atoms with Crippen molar-refractivity contribution in [3.63, 3.8) is 0 Å². The molecule has 2 saturated heterocycles. The first-order chi connectivity index (χ1) is 14.3. The Hall–Kier alpha value is -0.320. The maximum absolute atomic E-state index is 12.5. The fourth-order valence-electron chi connectivity index (χ4n) is 10.3. The van der Waals surface area contributed by atoms with E-state index in [9.17, 15) is 20.4 Å². The van der Waals surface area contributed by atoms with Crippen LogP contribution >= 0.6 is 0 Å². The number of methoxy groups -OCH3 is 2. The van der Waals surface area contributed by atoms with Gasteiger partial charge in [-0.3, -0.25) is 4.90 Å². The van der Waals surface area contributed by atoms with Crippen LogP contribution in [0.5, 0.6) is 0 Å². The van der Waals surface area contributed by atoms with Gasteiger partial charge in [-0.25, -0.2) is 0 Å². The molecule has 4 N–H and O–H groups in total. The quantitative estimate of drug-likeness (QED) is 0.416. The SMILES string of the molecule is CCN1C[C@]23O[C@H]2C[C@H](OC)[C@@]24[C@@H]5C[C@H]6[C@H](O)[C@@H]5[C@](O)(C[C@@H]6OC)[C@@](O)([C@@H](O)[C@H]32)[C@@H]14. The number of rotatable bonds is 3. The molecule has 0 unspecified atom stereocenters. The number of likely N-dealkylation sites (tertiary alicyclic amines) is 1. The van der Waals surface area contributed by atoms with Crippen molar-refractivity contribution in [1.82, 2.24) is 4.90 Å². The molecule has 0 aromatic carbocycles. The van der Waals surface area contributed by atoms with E-state index in [1.54, 1.807) is 14.2 Å². The van der Waals surface area contributed by atoms with Gasteiger partial charge in [-0.1, -0.05) is 6.92 Å². The van der Waals surface area contributed by atoms with Crippen molar-refractivity contribution >= 4 is 0 Å². The van der Waals surface area contributed by atoms with E-state index >= 15 is 0 Å². The zero-order valence-corrected chi connectivity index (χ0v) is 17.8. The van der Waals surface area contributed by atoms with Crippen molar-refractivity contribution in [3.05, 3.63) is 0 Å². The first-order valence-electron chi connectivity index (χ1n) is 11.6. The summed E-state index contributed by atoms with van der Waals surface area (Å²) in [6.07, 6.45) is -0.778. The van der Waals surface area contributed by atoms with Gasteiger partial charge in [-0.2, -0.15) is 0 Å². The Kier molecular flexibility index (Phi) is 3.36. The van der Waals surface area contributed by atoms with Crippen molar-refractivity contribution in [2.75, 3.05) is 27.3 Å². The summed E-state index contributed by atoms with van der Waals surface area (Å²) in [5, 5.41) is 47.9. The van der Waals surface area contributed by atoms with Gasteiger partial charge in [0.1, 0.15) is 16.8 Å². The highest BCUT2D eigenvalue weighted by atomic mass is 16.6. The molecule has 2 aliphatic heterocycles. The number of aliphatic hydroxyl groups excluding tert-OH is 2. The standard InChI is InChI=1S/C22H33NO7/c1-4-23-8-19-12(30-19)6-13(29-3)21-10-5-9-11(28-2)7-20(26,14(10)15(9)24)22(27,18(21)23)17(25)16(19)21/h9-18,24-27H,4-8H2,1-3H3/t9-,10-,11+,12+,13+,14-,15+,16-,17+,18+,19+,20-,21+,22-/m1/s1. The molecule has 168 valence electrons. The fourth-order valence-corrected chi connectivity index (χ4v) is 10.3. The molecule has 0 aromatic heterocycles. The van der Waals surface area contributed by atoms with Gasteiger partial charge in [-0.05, 0) is 18.9 Å². The van der Waals surface area contributed by atoms with Gasteiger partial charge in [0.15, 0.2) is 0 Å². The molecule has 5 saturated carbocycles. The average molecular weight is 424 g/mol. The lowest BCUT2D eigenvalue weighted by atomic mass is 9.45. The van der Waals surface area contributed by atoms with Crippen molar-refractivity contribution in [3.8, 4) is 0 Å². The molecule has 2 spiro atoms. The highest BCUT2D eigenvalue weighted by Crippen LogP contribution is 2.81. The number of hydrogen-bond donors (Lipinski definition) is 4. The zero-order valence-electron chi connectivity index (χ0n) is 17.8. The van der Waals surface area contributed by atoms with Crippen LogP contribution in [-0.2, 0) is 14.2 Å². The Balaban J connectivity index is 1.54. The van der Waals surface area contributed by atoms with Crippen LogP contribution in [0.15, 0.2) is 0 Å². The van der Waals surface area contributed by atoms with Crippen LogP contribution in [0.4, 0.5) is 0 Å². The second kappa shape index (κ2) is 5.25. The van der Waals surface area contributed by atoms with Crippen LogP contribution in [-0.4, -0.2) is 106 Å². The van der Waals surface area contributed by atoms with E-state index in [0.29, 0.717) is 19.5 Å². The topological polar surface area (TPSA) is 115 Å². The van der Waals surface area contributed by atoms with E-state index in [2.05, 4.69) is 11.8 Å². The number of hydrogen-bond acceptors (Lipinski definition) is 8. The summed E-state index contributed by atoms with van der Waals surface area (Å²) in [5.74, 6) is -0.965. The molecule has 8 heteroatoms. The molecule has 30 heavy (non-hydrogen) atoms. The molecule has 0 radical (unpaired) electrons. The molecule has 7 fully saturated rings. The van der Waals surface area contributed by atoms with E-state index in [4.69, 9.17) is 14.2 Å². The molecule has 5 aliphatic carbocycles. The third kappa shape index (κ3) is 1.52. The van der Waals surface area contributed by atoms with Crippen LogP contribution in [0.2, 0.25) is 0 Å². The largest absolute Gasteiger partial charge is 0.392 e. The van der Waals surface area contributed by atoms with Crippen molar-refractivity contribution < 1.29 is 34.6 Å². The number of likely N-dealkylation sites (N-methyl/N-ethyl adjacent to an activating group) is 1. The van der Waals surface area contributed by atoms with E-state index in [1.807, 2.05) is 0 Å². The summed E-state index contributed by atoms with van der Waals surface area (Å²) >= 11 is 0. The summed E-state index contributed by atoms with van der Waals surface area (Å²) in [4.78, 5) is 2.23. The average Bonchev–Trinajstić information content (AvgIpc) is 3.28. The molecule has 0 amide bonds. The highest BCUT2D eigenvalue weighted by molar-refractivity contribution is 5.44. The minimum Gasteiger partial charge on any atom is -0.392 e. The maximum Gasteiger partial charge on any atom is 0.136 e. The van der Waals surface area contributed by atoms with Crippen molar-refractivity contribution in [2.45, 2.75) is 79.6 Å². The Morgan fingerprint density at radius 1 is 1.13 bits per heavy atom. The number of ether oxygens (including phenoxy) is 3. The number of piperidine rings is 1. The van der Waals surface area contributed by atoms with Gasteiger partial charge in [0.2, 0.25) is 0 Å². The van der Waals surface area contributed by atoms with Crippen LogP contribution in [0.25, 0.3) is 0 Å². The molecule has 7 bridgehead atoms. The lowest BCUT2D eigenvalue weighted by Gasteiger charge is -2.67. The molecule has 14 atom stereocenters. The third-order valence-corrected chi connectivity index (χ3v) is 11.0. The van der Waals surface area contributed by atoms with Crippen LogP contribution in [0.1, 0.15) is 26.2 Å². The van der Waals surface area contributed by atoms with Gasteiger partial charge in [0.25, 0.3) is 0 Å². The Labute approximate surface area is 176 Å². The van der Waals surface area contributed by atoms with E-state index in [0.717, 1.165) is 6.42 Å². The molecule has 0 aromatic rings. The normalized spacial score (nSPS) is 69.3. The predicted octanol–water partition coefficient (Wildman–Crippen LogP) is -1.27. The molecular formula is C22H33NO7. The number of epoxide rings is 1. The van der Waals surface area contributed by atoms with E-state index < -0.39 is 46.4 Å². The smallest absolute Gasteiger partial charge is 0.136 e. The van der Waals surface area contributed by atoms with Gasteiger partial charge in [-0.15, -0.1) is 0 Å². The van der Waals surface area contributed by atoms with Crippen LogP contribution in [0.3, 0.4) is 0 Å². The molecule has 8 nitrogen and oxygen atoms in total. The first-order valence-corrected chi connectivity index (χ1v) is 11.6. The summed E-state index contributed by atoms with van der Waals surface area (Å²) < 4.78 is 18.1. The van der Waals surface area contributed by atoms with Crippen molar-refractivity contribution in [2.24, 2.45) is 29.1 Å². The Morgan fingerprint density at radius 2 is 1.90 bits per heavy atom. The second-order valence-corrected chi connectivity index (χ2v) is 11.2. The first kappa shape index (κ1) is 19.2. The number of aliphatic hydroxyl groups is 4. The summed E-state index contributed by atoms with van der Waals surface area (Å²) in [6, 6.07) is -0.441. The molecule has 2 heterocycles. The van der Waals surface area contributed by atoms with Crippen molar-refractivity contribution in [1.29, 1.82) is 0 Å². The fraction of sp³-hybridized carbons (Fsp3) is 1.00. The van der Waals surface area contributed by atoms with Gasteiger partial charge >= 0.3 is 0 Å². The lowest BCUT2D eigenvalue weighted by Crippen LogP contribution is -2.81. The Morgan fingerprint density at radius 3 is 2.57 bits per heavy atom. The lowest BCUT2D eigenvalue weighted by molar-refractivity contribution is -0.311. The molecule has 7 aliphatic rings. The van der Waals surface area contributed by atoms with Gasteiger partial charge < -0.3 is 34.6 Å². The summed E-state index contributed by atoms with van der Waals surface area (Å²) in [5.41, 5.74) is -4.47. The van der Waals surface area contributed by atoms with Gasteiger partial charge in [0.05, 0.1) is 36.6 Å². The highest BCUT2D eigenvalue weighted by Gasteiger charge is 2.94. The van der Waals surface area contributed by atoms with Crippen LogP contribution < -0.4 is 0 Å². The van der Waals surface area contributed by atoms with Crippen LogP contribution in [0, 0.1) is 29.1 Å². The minimum absolute atomic E-state index is 0.00834. The van der Waals surface area contributed by atoms with E-state index in [-0.39, 0.29) is 42.5 Å². The molecule has 7 rings (SSSR count). The number of nitrogens with zero attached hydrogens (tertiary/aromatic N) is 1. The third-order valence-electron chi connectivity index (χ3n) is 11.0. The maximum atomic E-state index is 12.5. The van der Waals surface area contributed by atoms with E-state index in [1.165, 1.54) is 0 Å². The Bertz CT molecular complexity index is 812. The predicted molar refractivity (Wildman–Crippen MR) is 102 cm³/mol.